The van der Waals surface area contributed by atoms with Crippen molar-refractivity contribution in [2.24, 2.45) is 0 Å². The first-order valence-corrected chi connectivity index (χ1v) is 8.15. The number of amides is 1. The van der Waals surface area contributed by atoms with Crippen molar-refractivity contribution in [3.63, 3.8) is 0 Å². The lowest BCUT2D eigenvalue weighted by Crippen LogP contribution is -2.22. The van der Waals surface area contributed by atoms with Crippen LogP contribution in [0.1, 0.15) is 28.7 Å². The molecule has 0 saturated heterocycles. The van der Waals surface area contributed by atoms with Gasteiger partial charge in [-0.2, -0.15) is 0 Å². The largest absolute Gasteiger partial charge is 0.366 e. The number of hydrogen-bond donors (Lipinski definition) is 1. The molecule has 128 valence electrons. The summed E-state index contributed by atoms with van der Waals surface area (Å²) in [6.45, 7) is 5.50. The Bertz CT molecular complexity index is 828. The van der Waals surface area contributed by atoms with Crippen LogP contribution in [0.4, 0.5) is 11.5 Å². The second-order valence-corrected chi connectivity index (χ2v) is 5.68. The highest BCUT2D eigenvalue weighted by molar-refractivity contribution is 6.02. The Morgan fingerprint density at radius 2 is 2.00 bits per heavy atom. The topological polar surface area (TPSA) is 71.3 Å². The number of hydrogen-bond acceptors (Lipinski definition) is 5. The van der Waals surface area contributed by atoms with Gasteiger partial charge in [0.2, 0.25) is 0 Å². The number of aryl methyl sites for hydroxylation is 1. The van der Waals surface area contributed by atoms with Crippen molar-refractivity contribution in [1.82, 2.24) is 10.1 Å². The van der Waals surface area contributed by atoms with Crippen molar-refractivity contribution >= 4 is 17.4 Å². The molecule has 6 heteroatoms. The molecule has 3 rings (SSSR count). The van der Waals surface area contributed by atoms with Gasteiger partial charge in [0.25, 0.3) is 5.91 Å². The van der Waals surface area contributed by atoms with Crippen molar-refractivity contribution in [2.75, 3.05) is 16.8 Å². The molecular formula is C19H20N4O2. The molecule has 0 fully saturated rings. The number of carbonyl (C=O) groups is 1. The molecule has 3 aromatic rings. The Labute approximate surface area is 146 Å². The van der Waals surface area contributed by atoms with Crippen molar-refractivity contribution in [3.05, 3.63) is 71.7 Å². The van der Waals surface area contributed by atoms with Crippen LogP contribution in [0.15, 0.2) is 59.3 Å². The quantitative estimate of drug-likeness (QED) is 0.744. The second-order valence-electron chi connectivity index (χ2n) is 5.68. The molecule has 0 aliphatic heterocycles. The van der Waals surface area contributed by atoms with Crippen LogP contribution in [0.5, 0.6) is 0 Å². The highest BCUT2D eigenvalue weighted by Crippen LogP contribution is 2.17. The maximum absolute atomic E-state index is 12.2. The fourth-order valence-corrected chi connectivity index (χ4v) is 2.50. The minimum Gasteiger partial charge on any atom is -0.366 e. The maximum atomic E-state index is 12.2. The molecule has 1 N–H and O–H groups in total. The third-order valence-corrected chi connectivity index (χ3v) is 3.81. The fourth-order valence-electron chi connectivity index (χ4n) is 2.50. The number of nitrogens with zero attached hydrogens (tertiary/aromatic N) is 3. The molecule has 2 heterocycles. The summed E-state index contributed by atoms with van der Waals surface area (Å²) in [7, 11) is 0. The van der Waals surface area contributed by atoms with Gasteiger partial charge in [-0.3, -0.25) is 4.79 Å². The summed E-state index contributed by atoms with van der Waals surface area (Å²) in [5.41, 5.74) is 2.54. The molecule has 1 amide bonds. The molecule has 0 unspecified atom stereocenters. The number of anilines is 2. The normalized spacial score (nSPS) is 10.5. The van der Waals surface area contributed by atoms with Crippen LogP contribution in [0.3, 0.4) is 0 Å². The zero-order chi connectivity index (χ0) is 17.6. The first kappa shape index (κ1) is 16.7. The lowest BCUT2D eigenvalue weighted by atomic mass is 10.2. The summed E-state index contributed by atoms with van der Waals surface area (Å²) in [5, 5.41) is 6.41. The van der Waals surface area contributed by atoms with E-state index in [1.165, 1.54) is 5.56 Å². The van der Waals surface area contributed by atoms with Gasteiger partial charge < -0.3 is 14.7 Å². The van der Waals surface area contributed by atoms with Crippen LogP contribution >= 0.6 is 0 Å². The molecule has 6 nitrogen and oxygen atoms in total. The van der Waals surface area contributed by atoms with Crippen LogP contribution in [0.2, 0.25) is 0 Å². The van der Waals surface area contributed by atoms with E-state index in [-0.39, 0.29) is 5.91 Å². The lowest BCUT2D eigenvalue weighted by molar-refractivity contribution is 0.102. The van der Waals surface area contributed by atoms with E-state index in [1.54, 1.807) is 25.3 Å². The molecule has 0 saturated carbocycles. The molecular weight excluding hydrogens is 316 g/mol. The van der Waals surface area contributed by atoms with Gasteiger partial charge in [-0.25, -0.2) is 4.98 Å². The van der Waals surface area contributed by atoms with E-state index in [2.05, 4.69) is 39.4 Å². The third-order valence-electron chi connectivity index (χ3n) is 3.81. The van der Waals surface area contributed by atoms with Crippen LogP contribution in [0, 0.1) is 6.92 Å². The molecule has 0 bridgehead atoms. The van der Waals surface area contributed by atoms with Crippen LogP contribution in [-0.2, 0) is 6.54 Å². The van der Waals surface area contributed by atoms with Crippen molar-refractivity contribution in [3.8, 4) is 0 Å². The molecule has 2 aromatic heterocycles. The Morgan fingerprint density at radius 3 is 2.60 bits per heavy atom. The maximum Gasteiger partial charge on any atom is 0.275 e. The first-order valence-electron chi connectivity index (χ1n) is 8.15. The Hall–Kier alpha value is -3.15. The SMILES string of the molecule is CCN(Cc1ccccc1)c1ccc(C(=O)Nc2cc(C)on2)nc1. The smallest absolute Gasteiger partial charge is 0.275 e. The van der Waals surface area contributed by atoms with Crippen molar-refractivity contribution < 1.29 is 9.32 Å². The number of pyridine rings is 1. The van der Waals surface area contributed by atoms with E-state index in [0.29, 0.717) is 17.3 Å². The van der Waals surface area contributed by atoms with Gasteiger partial charge in [0.05, 0.1) is 11.9 Å². The number of aromatic nitrogens is 2. The van der Waals surface area contributed by atoms with Gasteiger partial charge in [0.15, 0.2) is 5.82 Å². The predicted octanol–water partition coefficient (Wildman–Crippen LogP) is 3.66. The van der Waals surface area contributed by atoms with Crippen LogP contribution < -0.4 is 10.2 Å². The van der Waals surface area contributed by atoms with E-state index in [9.17, 15) is 4.79 Å². The van der Waals surface area contributed by atoms with E-state index in [1.807, 2.05) is 24.3 Å². The Balaban J connectivity index is 1.68. The predicted molar refractivity (Wildman–Crippen MR) is 96.6 cm³/mol. The number of nitrogens with one attached hydrogen (secondary N) is 1. The molecule has 0 spiro atoms. The highest BCUT2D eigenvalue weighted by Gasteiger charge is 2.12. The molecule has 0 aliphatic rings. The van der Waals surface area contributed by atoms with E-state index < -0.39 is 0 Å². The zero-order valence-electron chi connectivity index (χ0n) is 14.3. The average molecular weight is 336 g/mol. The Kier molecular flexibility index (Phi) is 5.09. The molecule has 0 atom stereocenters. The van der Waals surface area contributed by atoms with Crippen molar-refractivity contribution in [2.45, 2.75) is 20.4 Å². The molecule has 0 aliphatic carbocycles. The number of carbonyl (C=O) groups excluding carboxylic acids is 1. The summed E-state index contributed by atoms with van der Waals surface area (Å²) >= 11 is 0. The van der Waals surface area contributed by atoms with Gasteiger partial charge in [-0.15, -0.1) is 0 Å². The van der Waals surface area contributed by atoms with Crippen molar-refractivity contribution in [1.29, 1.82) is 0 Å². The van der Waals surface area contributed by atoms with Gasteiger partial charge in [0, 0.05) is 19.2 Å². The Morgan fingerprint density at radius 1 is 1.20 bits per heavy atom. The minimum absolute atomic E-state index is 0.314. The minimum atomic E-state index is -0.314. The second kappa shape index (κ2) is 7.61. The fraction of sp³-hybridized carbons (Fsp3) is 0.211. The summed E-state index contributed by atoms with van der Waals surface area (Å²) in [6, 6.07) is 15.5. The van der Waals surface area contributed by atoms with Gasteiger partial charge in [0.1, 0.15) is 11.5 Å². The zero-order valence-corrected chi connectivity index (χ0v) is 14.3. The molecule has 25 heavy (non-hydrogen) atoms. The van der Waals surface area contributed by atoms with E-state index in [0.717, 1.165) is 18.8 Å². The highest BCUT2D eigenvalue weighted by atomic mass is 16.5. The van der Waals surface area contributed by atoms with Gasteiger partial charge in [-0.1, -0.05) is 35.5 Å². The average Bonchev–Trinajstić information content (AvgIpc) is 3.05. The molecule has 1 aromatic carbocycles. The van der Waals surface area contributed by atoms with Gasteiger partial charge in [-0.05, 0) is 31.5 Å². The molecule has 0 radical (unpaired) electrons. The van der Waals surface area contributed by atoms with Crippen LogP contribution in [-0.4, -0.2) is 22.6 Å². The number of rotatable bonds is 6. The van der Waals surface area contributed by atoms with E-state index in [4.69, 9.17) is 4.52 Å². The summed E-state index contributed by atoms with van der Waals surface area (Å²) in [5.74, 6) is 0.705. The monoisotopic (exact) mass is 336 g/mol. The summed E-state index contributed by atoms with van der Waals surface area (Å²) in [4.78, 5) is 18.7. The standard InChI is InChI=1S/C19H20N4O2/c1-3-23(13-15-7-5-4-6-8-15)16-9-10-17(20-12-16)19(24)21-18-11-14(2)25-22-18/h4-12H,3,13H2,1-2H3,(H,21,22,24). The van der Waals surface area contributed by atoms with Gasteiger partial charge >= 0.3 is 0 Å². The first-order chi connectivity index (χ1) is 12.2. The third kappa shape index (κ3) is 4.23. The summed E-state index contributed by atoms with van der Waals surface area (Å²) < 4.78 is 4.93. The van der Waals surface area contributed by atoms with E-state index >= 15 is 0 Å². The summed E-state index contributed by atoms with van der Waals surface area (Å²) in [6.07, 6.45) is 1.72. The lowest BCUT2D eigenvalue weighted by Gasteiger charge is -2.23. The number of benzene rings is 1. The van der Waals surface area contributed by atoms with Crippen LogP contribution in [0.25, 0.3) is 0 Å².